The number of rotatable bonds is 8. The van der Waals surface area contributed by atoms with Gasteiger partial charge < -0.3 is 4.74 Å². The summed E-state index contributed by atoms with van der Waals surface area (Å²) in [7, 11) is 0. The molecule has 1 atom stereocenters. The van der Waals surface area contributed by atoms with E-state index in [1.165, 1.54) is 0 Å². The number of hydrogen-bond donors (Lipinski definition) is 0. The lowest BCUT2D eigenvalue weighted by Gasteiger charge is -2.22. The first-order valence-corrected chi connectivity index (χ1v) is 8.73. The van der Waals surface area contributed by atoms with E-state index in [2.05, 4.69) is 15.9 Å². The third-order valence-corrected chi connectivity index (χ3v) is 4.88. The molecule has 2 nitrogen and oxygen atoms in total. The molecule has 0 amide bonds. The van der Waals surface area contributed by atoms with Crippen molar-refractivity contribution in [3.8, 4) is 0 Å². The highest BCUT2D eigenvalue weighted by molar-refractivity contribution is 9.09. The highest BCUT2D eigenvalue weighted by atomic mass is 79.9. The standard InChI is InChI=1S/C17H24BrClO2/c1-4-21-16(20)17(2,3)12-8-7-10-14(18)13-9-5-6-11-15(13)19/h5-6,9,11,14H,4,7-8,10,12H2,1-3H3/t14-/m0/s1. The van der Waals surface area contributed by atoms with Gasteiger partial charge in [0.25, 0.3) is 0 Å². The monoisotopic (exact) mass is 374 g/mol. The van der Waals surface area contributed by atoms with Gasteiger partial charge in [0.05, 0.1) is 12.0 Å². The van der Waals surface area contributed by atoms with Crippen LogP contribution in [0.2, 0.25) is 5.02 Å². The molecule has 4 heteroatoms. The molecule has 0 aliphatic carbocycles. The van der Waals surface area contributed by atoms with Crippen LogP contribution in [0, 0.1) is 5.41 Å². The number of unbranched alkanes of at least 4 members (excludes halogenated alkanes) is 1. The molecule has 0 saturated carbocycles. The summed E-state index contributed by atoms with van der Waals surface area (Å²) in [5.41, 5.74) is 0.728. The summed E-state index contributed by atoms with van der Waals surface area (Å²) < 4.78 is 5.10. The Morgan fingerprint density at radius 3 is 2.62 bits per heavy atom. The van der Waals surface area contributed by atoms with E-state index in [9.17, 15) is 4.79 Å². The van der Waals surface area contributed by atoms with Crippen molar-refractivity contribution < 1.29 is 9.53 Å². The zero-order chi connectivity index (χ0) is 15.9. The topological polar surface area (TPSA) is 26.3 Å². The van der Waals surface area contributed by atoms with Gasteiger partial charge in [-0.15, -0.1) is 0 Å². The second-order valence-electron chi connectivity index (χ2n) is 5.84. The van der Waals surface area contributed by atoms with Crippen LogP contribution >= 0.6 is 27.5 Å². The van der Waals surface area contributed by atoms with Gasteiger partial charge in [-0.3, -0.25) is 4.79 Å². The molecule has 0 bridgehead atoms. The predicted molar refractivity (Wildman–Crippen MR) is 92.0 cm³/mol. The summed E-state index contributed by atoms with van der Waals surface area (Å²) in [5.74, 6) is -0.105. The Kier molecular flexibility index (Phi) is 7.75. The lowest BCUT2D eigenvalue weighted by atomic mass is 9.87. The minimum atomic E-state index is -0.401. The van der Waals surface area contributed by atoms with E-state index < -0.39 is 5.41 Å². The largest absolute Gasteiger partial charge is 0.466 e. The molecule has 1 aromatic carbocycles. The lowest BCUT2D eigenvalue weighted by molar-refractivity contribution is -0.153. The zero-order valence-electron chi connectivity index (χ0n) is 13.0. The Bertz CT molecular complexity index is 460. The average molecular weight is 376 g/mol. The van der Waals surface area contributed by atoms with Crippen molar-refractivity contribution >= 4 is 33.5 Å². The van der Waals surface area contributed by atoms with Gasteiger partial charge in [-0.25, -0.2) is 0 Å². The molecule has 0 aliphatic heterocycles. The highest BCUT2D eigenvalue weighted by Gasteiger charge is 2.28. The summed E-state index contributed by atoms with van der Waals surface area (Å²) in [6.45, 7) is 6.18. The van der Waals surface area contributed by atoms with Crippen LogP contribution in [0.15, 0.2) is 24.3 Å². The first-order valence-electron chi connectivity index (χ1n) is 7.44. The number of carbonyl (C=O) groups is 1. The fourth-order valence-corrected chi connectivity index (χ4v) is 3.33. The van der Waals surface area contributed by atoms with E-state index in [-0.39, 0.29) is 10.8 Å². The molecule has 1 aromatic rings. The fourth-order valence-electron chi connectivity index (χ4n) is 2.20. The molecule has 118 valence electrons. The third-order valence-electron chi connectivity index (χ3n) is 3.58. The van der Waals surface area contributed by atoms with E-state index in [1.54, 1.807) is 0 Å². The highest BCUT2D eigenvalue weighted by Crippen LogP contribution is 2.34. The van der Waals surface area contributed by atoms with Crippen LogP contribution in [-0.2, 0) is 9.53 Å². The molecule has 0 aromatic heterocycles. The van der Waals surface area contributed by atoms with E-state index in [4.69, 9.17) is 16.3 Å². The average Bonchev–Trinajstić information content (AvgIpc) is 2.44. The Morgan fingerprint density at radius 1 is 1.33 bits per heavy atom. The van der Waals surface area contributed by atoms with Crippen molar-refractivity contribution in [1.82, 2.24) is 0 Å². The van der Waals surface area contributed by atoms with Gasteiger partial charge in [0.15, 0.2) is 0 Å². The molecular weight excluding hydrogens is 352 g/mol. The summed E-state index contributed by atoms with van der Waals surface area (Å²) in [5, 5.41) is 0.797. The Balaban J connectivity index is 2.37. The smallest absolute Gasteiger partial charge is 0.311 e. The number of carbonyl (C=O) groups excluding carboxylic acids is 1. The minimum absolute atomic E-state index is 0.105. The first kappa shape index (κ1) is 18.5. The Morgan fingerprint density at radius 2 is 2.00 bits per heavy atom. The van der Waals surface area contributed by atoms with Gasteiger partial charge in [-0.1, -0.05) is 58.6 Å². The van der Waals surface area contributed by atoms with Crippen LogP contribution < -0.4 is 0 Å². The van der Waals surface area contributed by atoms with Crippen molar-refractivity contribution in [2.24, 2.45) is 5.41 Å². The quantitative estimate of drug-likeness (QED) is 0.320. The summed E-state index contributed by atoms with van der Waals surface area (Å²) in [4.78, 5) is 12.1. The van der Waals surface area contributed by atoms with Crippen molar-refractivity contribution in [3.05, 3.63) is 34.9 Å². The number of halogens is 2. The molecule has 0 unspecified atom stereocenters. The van der Waals surface area contributed by atoms with Crippen molar-refractivity contribution in [1.29, 1.82) is 0 Å². The summed E-state index contributed by atoms with van der Waals surface area (Å²) in [6, 6.07) is 7.89. The SMILES string of the molecule is CCOC(=O)C(C)(C)CCCC[C@H](Br)c1ccccc1Cl. The molecule has 0 radical (unpaired) electrons. The number of esters is 1. The zero-order valence-corrected chi connectivity index (χ0v) is 15.3. The second-order valence-corrected chi connectivity index (χ2v) is 7.35. The summed E-state index contributed by atoms with van der Waals surface area (Å²) in [6.07, 6.45) is 3.89. The summed E-state index contributed by atoms with van der Waals surface area (Å²) >= 11 is 9.88. The van der Waals surface area contributed by atoms with Crippen LogP contribution in [0.5, 0.6) is 0 Å². The van der Waals surface area contributed by atoms with Crippen LogP contribution in [0.25, 0.3) is 0 Å². The molecule has 0 spiro atoms. The fraction of sp³-hybridized carbons (Fsp3) is 0.588. The maximum absolute atomic E-state index is 11.8. The molecule has 0 heterocycles. The molecular formula is C17H24BrClO2. The van der Waals surface area contributed by atoms with E-state index in [1.807, 2.05) is 45.0 Å². The minimum Gasteiger partial charge on any atom is -0.466 e. The maximum Gasteiger partial charge on any atom is 0.311 e. The van der Waals surface area contributed by atoms with Gasteiger partial charge in [-0.05, 0) is 45.2 Å². The van der Waals surface area contributed by atoms with Crippen LogP contribution in [-0.4, -0.2) is 12.6 Å². The van der Waals surface area contributed by atoms with Gasteiger partial charge in [0, 0.05) is 9.85 Å². The first-order chi connectivity index (χ1) is 9.88. The normalized spacial score (nSPS) is 13.0. The second kappa shape index (κ2) is 8.79. The van der Waals surface area contributed by atoms with Gasteiger partial charge >= 0.3 is 5.97 Å². The van der Waals surface area contributed by atoms with Gasteiger partial charge in [0.2, 0.25) is 0 Å². The van der Waals surface area contributed by atoms with E-state index in [0.29, 0.717) is 6.61 Å². The number of ether oxygens (including phenoxy) is 1. The van der Waals surface area contributed by atoms with Crippen LogP contribution in [0.4, 0.5) is 0 Å². The van der Waals surface area contributed by atoms with Crippen molar-refractivity contribution in [2.45, 2.75) is 51.3 Å². The predicted octanol–water partition coefficient (Wildman–Crippen LogP) is 5.93. The maximum atomic E-state index is 11.8. The van der Waals surface area contributed by atoms with Crippen LogP contribution in [0.1, 0.15) is 56.8 Å². The van der Waals surface area contributed by atoms with Crippen molar-refractivity contribution in [2.75, 3.05) is 6.61 Å². The van der Waals surface area contributed by atoms with Gasteiger partial charge in [0.1, 0.15) is 0 Å². The number of hydrogen-bond acceptors (Lipinski definition) is 2. The van der Waals surface area contributed by atoms with E-state index >= 15 is 0 Å². The number of alkyl halides is 1. The molecule has 1 rings (SSSR count). The molecule has 21 heavy (non-hydrogen) atoms. The van der Waals surface area contributed by atoms with Gasteiger partial charge in [-0.2, -0.15) is 0 Å². The lowest BCUT2D eigenvalue weighted by Crippen LogP contribution is -2.26. The third kappa shape index (κ3) is 5.99. The molecule has 0 aliphatic rings. The molecule has 0 saturated heterocycles. The Hall–Kier alpha value is -0.540. The molecule has 0 fully saturated rings. The molecule has 0 N–H and O–H groups in total. The Labute approximate surface area is 141 Å². The van der Waals surface area contributed by atoms with Crippen molar-refractivity contribution in [3.63, 3.8) is 0 Å². The number of benzene rings is 1. The van der Waals surface area contributed by atoms with E-state index in [0.717, 1.165) is 36.3 Å². The van der Waals surface area contributed by atoms with Crippen LogP contribution in [0.3, 0.4) is 0 Å².